The fourth-order valence-corrected chi connectivity index (χ4v) is 1.21. The summed E-state index contributed by atoms with van der Waals surface area (Å²) in [6.07, 6.45) is 1.83. The van der Waals surface area contributed by atoms with Crippen molar-refractivity contribution in [2.75, 3.05) is 0 Å². The fourth-order valence-electron chi connectivity index (χ4n) is 1.21. The molecular weight excluding hydrogens is 211 g/mol. The van der Waals surface area contributed by atoms with Gasteiger partial charge in [-0.1, -0.05) is 0 Å². The van der Waals surface area contributed by atoms with Gasteiger partial charge in [0.05, 0.1) is 0 Å². The second kappa shape index (κ2) is 5.41. The first-order valence-corrected chi connectivity index (χ1v) is 3.64. The molecule has 0 bridgehead atoms. The van der Waals surface area contributed by atoms with Crippen LogP contribution >= 0.6 is 12.4 Å². The van der Waals surface area contributed by atoms with Crippen LogP contribution in [0.1, 0.15) is 11.8 Å². The van der Waals surface area contributed by atoms with Crippen molar-refractivity contribution in [1.82, 2.24) is 4.98 Å². The van der Waals surface area contributed by atoms with E-state index in [1.54, 1.807) is 12.1 Å². The van der Waals surface area contributed by atoms with Gasteiger partial charge in [-0.3, -0.25) is 4.79 Å². The second-order valence-corrected chi connectivity index (χ2v) is 2.64. The van der Waals surface area contributed by atoms with E-state index in [0.717, 1.165) is 10.9 Å². The number of amides is 1. The second-order valence-electron chi connectivity index (χ2n) is 2.64. The standard InChI is InChI=1S/C9H8N2O.ClH.Na.H/c10-9(12)7-1-2-8-6(5-7)3-4-11-8;;;/h1-5,11H,(H2,10,12);1H;;/q;;+1;-1. The predicted molar refractivity (Wildman–Crippen MR) is 55.2 cm³/mol. The zero-order valence-electron chi connectivity index (χ0n) is 8.78. The van der Waals surface area contributed by atoms with Crippen LogP contribution in [0.5, 0.6) is 0 Å². The summed E-state index contributed by atoms with van der Waals surface area (Å²) in [4.78, 5) is 13.8. The van der Waals surface area contributed by atoms with E-state index in [4.69, 9.17) is 5.73 Å². The van der Waals surface area contributed by atoms with Gasteiger partial charge in [0.1, 0.15) is 0 Å². The molecule has 0 spiro atoms. The van der Waals surface area contributed by atoms with E-state index in [1.807, 2.05) is 18.3 Å². The fraction of sp³-hybridized carbons (Fsp3) is 0. The summed E-state index contributed by atoms with van der Waals surface area (Å²) in [6, 6.07) is 7.23. The number of aromatic nitrogens is 1. The molecule has 0 radical (unpaired) electrons. The normalized spacial score (nSPS) is 8.86. The maximum atomic E-state index is 10.8. The zero-order valence-corrected chi connectivity index (χ0v) is 10.6. The largest absolute Gasteiger partial charge is 1.00 e. The number of rotatable bonds is 1. The van der Waals surface area contributed by atoms with Gasteiger partial charge in [0.25, 0.3) is 0 Å². The third-order valence-corrected chi connectivity index (χ3v) is 1.84. The molecule has 0 fully saturated rings. The molecule has 0 unspecified atom stereocenters. The van der Waals surface area contributed by atoms with Crippen molar-refractivity contribution in [2.24, 2.45) is 5.73 Å². The van der Waals surface area contributed by atoms with E-state index in [-0.39, 0.29) is 43.4 Å². The van der Waals surface area contributed by atoms with Crippen LogP contribution in [0.25, 0.3) is 10.9 Å². The van der Waals surface area contributed by atoms with Gasteiger partial charge in [0.15, 0.2) is 0 Å². The van der Waals surface area contributed by atoms with Gasteiger partial charge in [-0.25, -0.2) is 0 Å². The number of halogens is 1. The number of carbonyl (C=O) groups is 1. The number of nitrogens with one attached hydrogen (secondary N) is 1. The van der Waals surface area contributed by atoms with E-state index < -0.39 is 5.91 Å². The Morgan fingerprint density at radius 2 is 2.07 bits per heavy atom. The van der Waals surface area contributed by atoms with Gasteiger partial charge in [-0.2, -0.15) is 0 Å². The molecule has 1 heterocycles. The number of hydrogen-bond acceptors (Lipinski definition) is 1. The van der Waals surface area contributed by atoms with Gasteiger partial charge in [-0.05, 0) is 24.3 Å². The molecule has 70 valence electrons. The third kappa shape index (κ3) is 2.51. The van der Waals surface area contributed by atoms with Crippen LogP contribution in [0.2, 0.25) is 0 Å². The number of carbonyl (C=O) groups excluding carboxylic acids is 1. The Morgan fingerprint density at radius 1 is 1.36 bits per heavy atom. The van der Waals surface area contributed by atoms with Crippen LogP contribution in [0, 0.1) is 0 Å². The van der Waals surface area contributed by atoms with Gasteiger partial charge in [0.2, 0.25) is 5.91 Å². The van der Waals surface area contributed by atoms with Gasteiger partial charge in [-0.15, -0.1) is 12.4 Å². The Hall–Kier alpha value is -0.480. The quantitative estimate of drug-likeness (QED) is 0.583. The molecule has 0 atom stereocenters. The molecule has 5 heteroatoms. The Labute approximate surface area is 111 Å². The van der Waals surface area contributed by atoms with Crippen LogP contribution in [-0.4, -0.2) is 10.9 Å². The minimum atomic E-state index is -0.391. The van der Waals surface area contributed by atoms with Gasteiger partial charge in [0, 0.05) is 22.7 Å². The van der Waals surface area contributed by atoms with Crippen molar-refractivity contribution in [3.63, 3.8) is 0 Å². The Bertz CT molecular complexity index is 446. The molecule has 0 aliphatic heterocycles. The van der Waals surface area contributed by atoms with Crippen molar-refractivity contribution in [3.05, 3.63) is 36.0 Å². The molecule has 0 aliphatic carbocycles. The Kier molecular flexibility index (Phi) is 5.23. The number of primary amides is 1. The number of benzene rings is 1. The Balaban J connectivity index is 0. The van der Waals surface area contributed by atoms with Crippen molar-refractivity contribution >= 4 is 29.2 Å². The van der Waals surface area contributed by atoms with E-state index in [2.05, 4.69) is 4.98 Å². The molecule has 0 saturated heterocycles. The molecule has 0 aliphatic rings. The molecule has 14 heavy (non-hydrogen) atoms. The minimum Gasteiger partial charge on any atom is -1.00 e. The van der Waals surface area contributed by atoms with Crippen molar-refractivity contribution in [2.45, 2.75) is 0 Å². The van der Waals surface area contributed by atoms with E-state index in [0.29, 0.717) is 5.56 Å². The maximum absolute atomic E-state index is 10.8. The summed E-state index contributed by atoms with van der Waals surface area (Å²) in [5.74, 6) is -0.391. The molecule has 3 N–H and O–H groups in total. The summed E-state index contributed by atoms with van der Waals surface area (Å²) in [6.45, 7) is 0. The summed E-state index contributed by atoms with van der Waals surface area (Å²) in [7, 11) is 0. The van der Waals surface area contributed by atoms with Crippen molar-refractivity contribution < 1.29 is 35.8 Å². The van der Waals surface area contributed by atoms with Crippen LogP contribution in [-0.2, 0) is 0 Å². The number of H-pyrrole nitrogens is 1. The number of fused-ring (bicyclic) bond motifs is 1. The molecule has 0 saturated carbocycles. The van der Waals surface area contributed by atoms with E-state index in [9.17, 15) is 4.79 Å². The Morgan fingerprint density at radius 3 is 2.71 bits per heavy atom. The summed E-state index contributed by atoms with van der Waals surface area (Å²) in [5, 5.41) is 1.01. The monoisotopic (exact) mass is 220 g/mol. The molecular formula is C9H10ClN2NaO. The first-order chi connectivity index (χ1) is 5.77. The molecule has 2 rings (SSSR count). The average Bonchev–Trinajstić information content (AvgIpc) is 2.49. The number of aromatic amines is 1. The molecule has 1 aromatic carbocycles. The number of nitrogens with two attached hydrogens (primary N) is 1. The summed E-state index contributed by atoms with van der Waals surface area (Å²) in [5.41, 5.74) is 6.68. The SMILES string of the molecule is Cl.NC(=O)c1ccc2[nH]ccc2c1.[H-].[Na+]. The maximum Gasteiger partial charge on any atom is 1.00 e. The van der Waals surface area contributed by atoms with Crippen molar-refractivity contribution in [3.8, 4) is 0 Å². The molecule has 1 aromatic heterocycles. The summed E-state index contributed by atoms with van der Waals surface area (Å²) >= 11 is 0. The topological polar surface area (TPSA) is 58.9 Å². The van der Waals surface area contributed by atoms with Crippen molar-refractivity contribution in [1.29, 1.82) is 0 Å². The molecule has 3 nitrogen and oxygen atoms in total. The first kappa shape index (κ1) is 13.5. The van der Waals surface area contributed by atoms with Gasteiger partial charge < -0.3 is 12.1 Å². The summed E-state index contributed by atoms with van der Waals surface area (Å²) < 4.78 is 0. The van der Waals surface area contributed by atoms with E-state index in [1.165, 1.54) is 0 Å². The smallest absolute Gasteiger partial charge is 1.00 e. The zero-order chi connectivity index (χ0) is 8.55. The predicted octanol–water partition coefficient (Wildman–Crippen LogP) is -1.19. The minimum absolute atomic E-state index is 0. The van der Waals surface area contributed by atoms with Crippen LogP contribution in [0.15, 0.2) is 30.5 Å². The van der Waals surface area contributed by atoms with Crippen LogP contribution in [0.3, 0.4) is 0 Å². The van der Waals surface area contributed by atoms with Crippen LogP contribution < -0.4 is 35.3 Å². The average molecular weight is 221 g/mol. The molecule has 2 aromatic rings. The number of hydrogen-bond donors (Lipinski definition) is 2. The molecule has 1 amide bonds. The third-order valence-electron chi connectivity index (χ3n) is 1.84. The first-order valence-electron chi connectivity index (χ1n) is 3.64. The van der Waals surface area contributed by atoms with Gasteiger partial charge >= 0.3 is 29.6 Å². The van der Waals surface area contributed by atoms with E-state index >= 15 is 0 Å². The van der Waals surface area contributed by atoms with Crippen LogP contribution in [0.4, 0.5) is 0 Å².